The molecule has 0 bridgehead atoms. The van der Waals surface area contributed by atoms with Crippen LogP contribution in [0, 0.1) is 0 Å². The van der Waals surface area contributed by atoms with Crippen LogP contribution >= 0.6 is 0 Å². The first-order valence-electron chi connectivity index (χ1n) is 7.42. The Balaban J connectivity index is 2.02. The van der Waals surface area contributed by atoms with Crippen molar-refractivity contribution in [3.05, 3.63) is 54.1 Å². The molecule has 0 heterocycles. The number of urea groups is 1. The van der Waals surface area contributed by atoms with Crippen LogP contribution in [0.3, 0.4) is 0 Å². The second-order valence-electron chi connectivity index (χ2n) is 5.55. The highest BCUT2D eigenvalue weighted by Gasteiger charge is 2.12. The maximum atomic E-state index is 12.4. The van der Waals surface area contributed by atoms with Crippen molar-refractivity contribution >= 4 is 17.4 Å². The monoisotopic (exact) mass is 313 g/mol. The zero-order chi connectivity index (χ0) is 16.8. The number of nitrogens with zero attached hydrogens (tertiary/aromatic N) is 2. The fourth-order valence-electron chi connectivity index (χ4n) is 2.26. The number of nitrogens with one attached hydrogen (secondary N) is 1. The van der Waals surface area contributed by atoms with Crippen molar-refractivity contribution in [3.8, 4) is 5.75 Å². The lowest BCUT2D eigenvalue weighted by Crippen LogP contribution is -2.31. The van der Waals surface area contributed by atoms with Crippen molar-refractivity contribution in [2.75, 3.05) is 38.5 Å². The zero-order valence-electron chi connectivity index (χ0n) is 14.0. The lowest BCUT2D eigenvalue weighted by molar-refractivity contribution is 0.220. The Bertz CT molecular complexity index is 654. The van der Waals surface area contributed by atoms with E-state index in [0.29, 0.717) is 6.54 Å². The number of hydrogen-bond donors (Lipinski definition) is 1. The fraction of sp³-hybridized carbons (Fsp3) is 0.278. The summed E-state index contributed by atoms with van der Waals surface area (Å²) in [6.45, 7) is 0.528. The summed E-state index contributed by atoms with van der Waals surface area (Å²) >= 11 is 0. The maximum Gasteiger partial charge on any atom is 0.321 e. The number of hydrogen-bond acceptors (Lipinski definition) is 3. The maximum absolute atomic E-state index is 12.4. The molecule has 0 fully saturated rings. The first-order valence-corrected chi connectivity index (χ1v) is 7.42. The Labute approximate surface area is 137 Å². The molecule has 0 aliphatic rings. The van der Waals surface area contributed by atoms with Crippen molar-refractivity contribution < 1.29 is 9.53 Å². The van der Waals surface area contributed by atoms with Crippen molar-refractivity contribution in [2.24, 2.45) is 0 Å². The largest absolute Gasteiger partial charge is 0.497 e. The summed E-state index contributed by atoms with van der Waals surface area (Å²) in [6, 6.07) is 15.3. The van der Waals surface area contributed by atoms with Gasteiger partial charge in [-0.05, 0) is 29.8 Å². The third-order valence-electron chi connectivity index (χ3n) is 3.55. The van der Waals surface area contributed by atoms with Crippen LogP contribution in [0.25, 0.3) is 0 Å². The van der Waals surface area contributed by atoms with E-state index in [2.05, 4.69) is 5.32 Å². The Morgan fingerprint density at radius 3 is 2.30 bits per heavy atom. The predicted octanol–water partition coefficient (Wildman–Crippen LogP) is 3.43. The summed E-state index contributed by atoms with van der Waals surface area (Å²) in [5, 5.41) is 2.96. The van der Waals surface area contributed by atoms with E-state index in [1.807, 2.05) is 67.5 Å². The van der Waals surface area contributed by atoms with E-state index in [9.17, 15) is 4.79 Å². The molecule has 2 aromatic carbocycles. The molecule has 0 aliphatic carbocycles. The van der Waals surface area contributed by atoms with Gasteiger partial charge >= 0.3 is 6.03 Å². The molecule has 2 rings (SSSR count). The quantitative estimate of drug-likeness (QED) is 0.920. The normalized spacial score (nSPS) is 10.1. The summed E-state index contributed by atoms with van der Waals surface area (Å²) in [6.07, 6.45) is 0. The van der Waals surface area contributed by atoms with Crippen LogP contribution in [0.5, 0.6) is 5.75 Å². The minimum Gasteiger partial charge on any atom is -0.497 e. The van der Waals surface area contributed by atoms with E-state index in [-0.39, 0.29) is 6.03 Å². The standard InChI is InChI=1S/C18H23N3O2/c1-20(2)17-8-6-5-7-16(17)19-18(22)21(3)13-14-9-11-15(23-4)12-10-14/h5-12H,13H2,1-4H3,(H,19,22). The molecule has 0 saturated heterocycles. The van der Waals surface area contributed by atoms with E-state index in [1.165, 1.54) is 0 Å². The molecular formula is C18H23N3O2. The third-order valence-corrected chi connectivity index (χ3v) is 3.55. The first-order chi connectivity index (χ1) is 11.0. The number of anilines is 2. The number of methoxy groups -OCH3 is 1. The summed E-state index contributed by atoms with van der Waals surface area (Å²) in [7, 11) is 7.31. The number of carbonyl (C=O) groups is 1. The lowest BCUT2D eigenvalue weighted by Gasteiger charge is -2.21. The number of ether oxygens (including phenoxy) is 1. The van der Waals surface area contributed by atoms with Crippen LogP contribution in [0.15, 0.2) is 48.5 Å². The van der Waals surface area contributed by atoms with E-state index < -0.39 is 0 Å². The summed E-state index contributed by atoms with van der Waals surface area (Å²) < 4.78 is 5.14. The minimum atomic E-state index is -0.143. The van der Waals surface area contributed by atoms with Gasteiger partial charge in [-0.2, -0.15) is 0 Å². The molecule has 122 valence electrons. The molecule has 2 aromatic rings. The number of amides is 2. The molecule has 0 radical (unpaired) electrons. The molecule has 0 unspecified atom stereocenters. The lowest BCUT2D eigenvalue weighted by atomic mass is 10.2. The smallest absolute Gasteiger partial charge is 0.321 e. The Kier molecular flexibility index (Phi) is 5.46. The number of benzene rings is 2. The van der Waals surface area contributed by atoms with Gasteiger partial charge in [0.2, 0.25) is 0 Å². The molecule has 0 saturated carbocycles. The van der Waals surface area contributed by atoms with E-state index in [4.69, 9.17) is 4.74 Å². The van der Waals surface area contributed by atoms with Gasteiger partial charge in [0, 0.05) is 27.7 Å². The van der Waals surface area contributed by atoms with Gasteiger partial charge in [-0.25, -0.2) is 4.79 Å². The second-order valence-corrected chi connectivity index (χ2v) is 5.55. The SMILES string of the molecule is COc1ccc(CN(C)C(=O)Nc2ccccc2N(C)C)cc1. The van der Waals surface area contributed by atoms with Crippen LogP contribution in [-0.4, -0.2) is 39.2 Å². The van der Waals surface area contributed by atoms with Gasteiger partial charge in [-0.1, -0.05) is 24.3 Å². The Hall–Kier alpha value is -2.69. The summed E-state index contributed by atoms with van der Waals surface area (Å²) in [5.41, 5.74) is 2.81. The zero-order valence-corrected chi connectivity index (χ0v) is 14.0. The highest BCUT2D eigenvalue weighted by atomic mass is 16.5. The van der Waals surface area contributed by atoms with Crippen LogP contribution in [0.4, 0.5) is 16.2 Å². The van der Waals surface area contributed by atoms with Gasteiger partial charge < -0.3 is 19.9 Å². The molecule has 0 atom stereocenters. The molecule has 5 nitrogen and oxygen atoms in total. The number of para-hydroxylation sites is 2. The van der Waals surface area contributed by atoms with Crippen LogP contribution in [0.2, 0.25) is 0 Å². The Morgan fingerprint density at radius 2 is 1.70 bits per heavy atom. The molecule has 5 heteroatoms. The van der Waals surface area contributed by atoms with Crippen molar-refractivity contribution in [2.45, 2.75) is 6.54 Å². The van der Waals surface area contributed by atoms with Crippen molar-refractivity contribution in [3.63, 3.8) is 0 Å². The van der Waals surface area contributed by atoms with Crippen molar-refractivity contribution in [1.82, 2.24) is 4.90 Å². The number of rotatable bonds is 5. The second kappa shape index (κ2) is 7.54. The third kappa shape index (κ3) is 4.39. The van der Waals surface area contributed by atoms with Gasteiger partial charge in [0.05, 0.1) is 18.5 Å². The number of carbonyl (C=O) groups excluding carboxylic acids is 1. The Morgan fingerprint density at radius 1 is 1.04 bits per heavy atom. The van der Waals surface area contributed by atoms with E-state index in [1.54, 1.807) is 19.1 Å². The van der Waals surface area contributed by atoms with E-state index >= 15 is 0 Å². The minimum absolute atomic E-state index is 0.143. The topological polar surface area (TPSA) is 44.8 Å². The molecule has 2 amide bonds. The molecular weight excluding hydrogens is 290 g/mol. The van der Waals surface area contributed by atoms with Gasteiger partial charge in [0.15, 0.2) is 0 Å². The molecule has 1 N–H and O–H groups in total. The first kappa shape index (κ1) is 16.7. The summed E-state index contributed by atoms with van der Waals surface area (Å²) in [4.78, 5) is 16.0. The van der Waals surface area contributed by atoms with Crippen LogP contribution < -0.4 is 15.0 Å². The molecule has 0 aliphatic heterocycles. The van der Waals surface area contributed by atoms with Crippen LogP contribution in [0.1, 0.15) is 5.56 Å². The van der Waals surface area contributed by atoms with Crippen LogP contribution in [-0.2, 0) is 6.54 Å². The molecule has 0 spiro atoms. The average molecular weight is 313 g/mol. The van der Waals surface area contributed by atoms with E-state index in [0.717, 1.165) is 22.7 Å². The summed E-state index contributed by atoms with van der Waals surface area (Å²) in [5.74, 6) is 0.806. The van der Waals surface area contributed by atoms with Gasteiger partial charge in [0.25, 0.3) is 0 Å². The van der Waals surface area contributed by atoms with Crippen molar-refractivity contribution in [1.29, 1.82) is 0 Å². The highest BCUT2D eigenvalue weighted by Crippen LogP contribution is 2.23. The predicted molar refractivity (Wildman–Crippen MR) is 94.2 cm³/mol. The molecule has 0 aromatic heterocycles. The van der Waals surface area contributed by atoms with Gasteiger partial charge in [-0.15, -0.1) is 0 Å². The average Bonchev–Trinajstić information content (AvgIpc) is 2.55. The van der Waals surface area contributed by atoms with Gasteiger partial charge in [-0.3, -0.25) is 0 Å². The highest BCUT2D eigenvalue weighted by molar-refractivity contribution is 5.93. The molecule has 23 heavy (non-hydrogen) atoms. The van der Waals surface area contributed by atoms with Gasteiger partial charge in [0.1, 0.15) is 5.75 Å². The fourth-order valence-corrected chi connectivity index (χ4v) is 2.26.